The van der Waals surface area contributed by atoms with Crippen LogP contribution in [0.3, 0.4) is 0 Å². The van der Waals surface area contributed by atoms with Crippen molar-refractivity contribution in [1.29, 1.82) is 0 Å². The number of piperidine rings is 1. The fourth-order valence-electron chi connectivity index (χ4n) is 3.63. The van der Waals surface area contributed by atoms with Crippen molar-refractivity contribution < 1.29 is 22.5 Å². The fraction of sp³-hybridized carbons (Fsp3) is 0.318. The summed E-state index contributed by atoms with van der Waals surface area (Å²) < 4.78 is 38.0. The van der Waals surface area contributed by atoms with Crippen LogP contribution < -0.4 is 9.64 Å². The molecule has 3 aromatic rings. The van der Waals surface area contributed by atoms with Crippen LogP contribution in [0.25, 0.3) is 11.5 Å². The number of methoxy groups -OCH3 is 1. The summed E-state index contributed by atoms with van der Waals surface area (Å²) in [6, 6.07) is 11.8. The molecule has 0 saturated carbocycles. The van der Waals surface area contributed by atoms with E-state index in [9.17, 15) is 18.5 Å². The van der Waals surface area contributed by atoms with Crippen LogP contribution >= 0.6 is 0 Å². The van der Waals surface area contributed by atoms with Crippen molar-refractivity contribution in [3.63, 3.8) is 0 Å². The molecule has 1 aliphatic heterocycles. The molecule has 0 aliphatic carbocycles. The minimum Gasteiger partial charge on any atom is -0.497 e. The van der Waals surface area contributed by atoms with Crippen molar-refractivity contribution in [2.45, 2.75) is 29.7 Å². The topological polar surface area (TPSA) is 116 Å². The predicted molar refractivity (Wildman–Crippen MR) is 118 cm³/mol. The van der Waals surface area contributed by atoms with E-state index < -0.39 is 14.8 Å². The molecule has 0 radical (unpaired) electrons. The van der Waals surface area contributed by atoms with Crippen LogP contribution in [-0.2, 0) is 9.84 Å². The number of sulfone groups is 1. The summed E-state index contributed by atoms with van der Waals surface area (Å²) in [5.74, 6) is 1.25. The third kappa shape index (κ3) is 4.18. The van der Waals surface area contributed by atoms with Gasteiger partial charge in [0.05, 0.1) is 16.9 Å². The first-order valence-electron chi connectivity index (χ1n) is 10.2. The van der Waals surface area contributed by atoms with E-state index in [-0.39, 0.29) is 27.4 Å². The highest BCUT2D eigenvalue weighted by molar-refractivity contribution is 7.91. The molecule has 1 aromatic heterocycles. The molecule has 1 aliphatic rings. The summed E-state index contributed by atoms with van der Waals surface area (Å²) in [5.41, 5.74) is 0.204. The van der Waals surface area contributed by atoms with E-state index in [2.05, 4.69) is 11.9 Å². The van der Waals surface area contributed by atoms with Gasteiger partial charge in [0, 0.05) is 30.8 Å². The molecular formula is C22H23N3O6S. The Morgan fingerprint density at radius 1 is 1.16 bits per heavy atom. The fourth-order valence-corrected chi connectivity index (χ4v) is 4.95. The van der Waals surface area contributed by atoms with Crippen LogP contribution in [-0.4, -0.2) is 38.5 Å². The highest BCUT2D eigenvalue weighted by Gasteiger charge is 2.33. The van der Waals surface area contributed by atoms with Gasteiger partial charge in [0.1, 0.15) is 5.75 Å². The van der Waals surface area contributed by atoms with Gasteiger partial charge < -0.3 is 14.1 Å². The average molecular weight is 458 g/mol. The quantitative estimate of drug-likeness (QED) is 0.397. The van der Waals surface area contributed by atoms with Gasteiger partial charge in [0.25, 0.3) is 5.69 Å². The average Bonchev–Trinajstić information content (AvgIpc) is 3.26. The van der Waals surface area contributed by atoms with Gasteiger partial charge in [0.15, 0.2) is 0 Å². The first-order chi connectivity index (χ1) is 15.3. The Bertz CT molecular complexity index is 1230. The normalized spacial score (nSPS) is 15.0. The maximum absolute atomic E-state index is 13.5. The van der Waals surface area contributed by atoms with Gasteiger partial charge in [0.2, 0.25) is 26.6 Å². The number of nitro groups is 1. The number of oxazole rings is 1. The van der Waals surface area contributed by atoms with Gasteiger partial charge in [-0.3, -0.25) is 10.1 Å². The number of anilines is 1. The second kappa shape index (κ2) is 8.62. The van der Waals surface area contributed by atoms with Crippen molar-refractivity contribution in [2.24, 2.45) is 5.92 Å². The zero-order valence-corrected chi connectivity index (χ0v) is 18.5. The molecule has 1 fully saturated rings. The van der Waals surface area contributed by atoms with E-state index in [1.54, 1.807) is 18.2 Å². The number of hydrogen-bond donors (Lipinski definition) is 0. The number of nitro benzene ring substituents is 1. The molecule has 9 nitrogen and oxygen atoms in total. The molecule has 2 heterocycles. The monoisotopic (exact) mass is 457 g/mol. The minimum absolute atomic E-state index is 0.0226. The van der Waals surface area contributed by atoms with Gasteiger partial charge in [-0.05, 0) is 49.1 Å². The molecule has 4 rings (SSSR count). The summed E-state index contributed by atoms with van der Waals surface area (Å²) in [5, 5.41) is 11.0. The highest BCUT2D eigenvalue weighted by atomic mass is 32.2. The Hall–Kier alpha value is -3.40. The first kappa shape index (κ1) is 21.8. The molecule has 0 unspecified atom stereocenters. The lowest BCUT2D eigenvalue weighted by molar-refractivity contribution is -0.384. The minimum atomic E-state index is -4.01. The van der Waals surface area contributed by atoms with Gasteiger partial charge in [-0.1, -0.05) is 13.0 Å². The summed E-state index contributed by atoms with van der Waals surface area (Å²) in [4.78, 5) is 16.9. The second-order valence-electron chi connectivity index (χ2n) is 7.79. The van der Waals surface area contributed by atoms with Crippen molar-refractivity contribution in [3.8, 4) is 17.2 Å². The molecule has 0 N–H and O–H groups in total. The van der Waals surface area contributed by atoms with Crippen LogP contribution in [0.2, 0.25) is 0 Å². The van der Waals surface area contributed by atoms with E-state index in [1.165, 1.54) is 37.4 Å². The molecule has 0 atom stereocenters. The Morgan fingerprint density at radius 2 is 1.84 bits per heavy atom. The molecule has 32 heavy (non-hydrogen) atoms. The van der Waals surface area contributed by atoms with Crippen molar-refractivity contribution in [2.75, 3.05) is 25.1 Å². The predicted octanol–water partition coefficient (Wildman–Crippen LogP) is 4.33. The van der Waals surface area contributed by atoms with Crippen LogP contribution in [0.5, 0.6) is 5.75 Å². The number of ether oxygens (including phenoxy) is 1. The smallest absolute Gasteiger partial charge is 0.270 e. The number of hydrogen-bond acceptors (Lipinski definition) is 8. The lowest BCUT2D eigenvalue weighted by Crippen LogP contribution is -2.33. The molecule has 0 amide bonds. The largest absolute Gasteiger partial charge is 0.497 e. The molecule has 168 valence electrons. The van der Waals surface area contributed by atoms with Crippen molar-refractivity contribution >= 4 is 21.4 Å². The highest BCUT2D eigenvalue weighted by Crippen LogP contribution is 2.37. The van der Waals surface area contributed by atoms with Crippen molar-refractivity contribution in [1.82, 2.24) is 4.98 Å². The zero-order chi connectivity index (χ0) is 22.9. The van der Waals surface area contributed by atoms with Gasteiger partial charge in [-0.2, -0.15) is 4.98 Å². The number of rotatable bonds is 6. The van der Waals surface area contributed by atoms with E-state index in [1.807, 2.05) is 4.90 Å². The van der Waals surface area contributed by atoms with Gasteiger partial charge >= 0.3 is 0 Å². The molecule has 0 bridgehead atoms. The zero-order valence-electron chi connectivity index (χ0n) is 17.7. The molecular weight excluding hydrogens is 434 g/mol. The third-order valence-electron chi connectivity index (χ3n) is 5.58. The Morgan fingerprint density at radius 3 is 2.47 bits per heavy atom. The third-order valence-corrected chi connectivity index (χ3v) is 7.25. The lowest BCUT2D eigenvalue weighted by Gasteiger charge is -2.30. The van der Waals surface area contributed by atoms with E-state index >= 15 is 0 Å². The maximum atomic E-state index is 13.5. The van der Waals surface area contributed by atoms with Crippen LogP contribution in [0.15, 0.2) is 62.9 Å². The van der Waals surface area contributed by atoms with Gasteiger partial charge in [-0.25, -0.2) is 8.42 Å². The van der Waals surface area contributed by atoms with Gasteiger partial charge in [-0.15, -0.1) is 0 Å². The molecule has 10 heteroatoms. The molecule has 0 spiro atoms. The Kier molecular flexibility index (Phi) is 5.88. The van der Waals surface area contributed by atoms with E-state index in [0.717, 1.165) is 12.8 Å². The van der Waals surface area contributed by atoms with Crippen molar-refractivity contribution in [3.05, 3.63) is 58.6 Å². The summed E-state index contributed by atoms with van der Waals surface area (Å²) in [6.07, 6.45) is 1.80. The van der Waals surface area contributed by atoms with E-state index in [4.69, 9.17) is 9.15 Å². The number of benzene rings is 2. The molecule has 2 aromatic carbocycles. The van der Waals surface area contributed by atoms with E-state index in [0.29, 0.717) is 30.3 Å². The van der Waals surface area contributed by atoms with Crippen LogP contribution in [0.1, 0.15) is 19.8 Å². The number of nitrogens with zero attached hydrogens (tertiary/aromatic N) is 3. The Labute approximate surface area is 185 Å². The van der Waals surface area contributed by atoms with Crippen LogP contribution in [0, 0.1) is 16.0 Å². The first-order valence-corrected chi connectivity index (χ1v) is 11.7. The maximum Gasteiger partial charge on any atom is 0.270 e. The van der Waals surface area contributed by atoms with Crippen LogP contribution in [0.4, 0.5) is 11.6 Å². The SMILES string of the molecule is COc1ccc(S(=O)(=O)c2nc(-c3cccc([N+](=O)[O-])c3)oc2N2CCC(C)CC2)cc1. The second-order valence-corrected chi connectivity index (χ2v) is 9.65. The number of non-ortho nitro benzene ring substituents is 1. The standard InChI is InChI=1S/C22H23N3O6S/c1-15-10-12-24(13-11-15)22-21(32(28,29)19-8-6-18(30-2)7-9-19)23-20(31-22)16-4-3-5-17(14-16)25(26)27/h3-9,14-15H,10-13H2,1-2H3. The molecule has 1 saturated heterocycles. The lowest BCUT2D eigenvalue weighted by atomic mass is 9.99. The summed E-state index contributed by atoms with van der Waals surface area (Å²) in [6.45, 7) is 3.42. The Balaban J connectivity index is 1.82. The number of aromatic nitrogens is 1. The summed E-state index contributed by atoms with van der Waals surface area (Å²) >= 11 is 0. The summed E-state index contributed by atoms with van der Waals surface area (Å²) in [7, 11) is -2.51.